The maximum atomic E-state index is 12.3. The van der Waals surface area contributed by atoms with Crippen LogP contribution in [0.2, 0.25) is 5.02 Å². The maximum Gasteiger partial charge on any atom is 0.433 e. The van der Waals surface area contributed by atoms with Gasteiger partial charge in [0.15, 0.2) is 11.6 Å². The molecule has 4 aromatic rings. The smallest absolute Gasteiger partial charge is 0.400 e. The van der Waals surface area contributed by atoms with Crippen molar-refractivity contribution in [3.63, 3.8) is 0 Å². The Labute approximate surface area is 181 Å². The lowest BCUT2D eigenvalue weighted by molar-refractivity contribution is -0.402. The topological polar surface area (TPSA) is 102 Å². The highest BCUT2D eigenvalue weighted by Gasteiger charge is 2.17. The lowest BCUT2D eigenvalue weighted by Crippen LogP contribution is -2.23. The van der Waals surface area contributed by atoms with Crippen molar-refractivity contribution in [2.45, 2.75) is 6.92 Å². The van der Waals surface area contributed by atoms with E-state index >= 15 is 0 Å². The van der Waals surface area contributed by atoms with Crippen LogP contribution in [0.25, 0.3) is 22.0 Å². The molecule has 0 aliphatic carbocycles. The number of anilines is 1. The second-order valence-electron chi connectivity index (χ2n) is 6.56. The summed E-state index contributed by atoms with van der Waals surface area (Å²) in [5.74, 6) is -0.382. The van der Waals surface area contributed by atoms with Crippen molar-refractivity contribution in [2.24, 2.45) is 5.10 Å². The molecule has 0 unspecified atom stereocenters. The van der Waals surface area contributed by atoms with Gasteiger partial charge in [-0.3, -0.25) is 14.9 Å². The fourth-order valence-corrected chi connectivity index (χ4v) is 3.25. The standard InChI is InChI=1S/C22H15ClN4O4/c1-14(28)26(24-13-17-8-10-22(31-17)27(29)30)21-12-18(15-5-3-2-4-6-15)19-11-16(23)7-9-20(19)25-21/h2-13H,1H3/b24-13+. The number of hydrazone groups is 1. The summed E-state index contributed by atoms with van der Waals surface area (Å²) in [6, 6.07) is 19.3. The molecule has 8 nitrogen and oxygen atoms in total. The number of aromatic nitrogens is 1. The van der Waals surface area contributed by atoms with Gasteiger partial charge in [-0.1, -0.05) is 41.9 Å². The molecule has 0 aliphatic heterocycles. The van der Waals surface area contributed by atoms with Gasteiger partial charge in [0, 0.05) is 17.3 Å². The number of furan rings is 1. The van der Waals surface area contributed by atoms with E-state index in [2.05, 4.69) is 10.1 Å². The van der Waals surface area contributed by atoms with Crippen molar-refractivity contribution < 1.29 is 14.1 Å². The van der Waals surface area contributed by atoms with Crippen LogP contribution in [0.4, 0.5) is 11.7 Å². The first-order chi connectivity index (χ1) is 14.9. The number of hydrogen-bond donors (Lipinski definition) is 0. The average Bonchev–Trinajstić information content (AvgIpc) is 3.23. The van der Waals surface area contributed by atoms with Crippen LogP contribution in [-0.2, 0) is 4.79 Å². The fraction of sp³-hybridized carbons (Fsp3) is 0.0455. The number of fused-ring (bicyclic) bond motifs is 1. The van der Waals surface area contributed by atoms with E-state index < -0.39 is 16.7 Å². The number of rotatable bonds is 5. The van der Waals surface area contributed by atoms with Crippen molar-refractivity contribution in [3.8, 4) is 11.1 Å². The molecule has 0 aliphatic rings. The van der Waals surface area contributed by atoms with Crippen molar-refractivity contribution in [3.05, 3.63) is 87.6 Å². The van der Waals surface area contributed by atoms with Crippen LogP contribution in [0, 0.1) is 10.1 Å². The third-order valence-corrected chi connectivity index (χ3v) is 4.69. The van der Waals surface area contributed by atoms with E-state index in [0.29, 0.717) is 16.4 Å². The Bertz CT molecular complexity index is 1320. The molecule has 0 saturated carbocycles. The number of halogens is 1. The van der Waals surface area contributed by atoms with Crippen LogP contribution < -0.4 is 5.01 Å². The molecular weight excluding hydrogens is 420 g/mol. The number of pyridine rings is 1. The normalized spacial score (nSPS) is 11.2. The Balaban J connectivity index is 1.82. The highest BCUT2D eigenvalue weighted by Crippen LogP contribution is 2.33. The SMILES string of the molecule is CC(=O)N(/N=C/c1ccc([N+](=O)[O-])o1)c1cc(-c2ccccc2)c2cc(Cl)ccc2n1. The zero-order valence-electron chi connectivity index (χ0n) is 16.2. The van der Waals surface area contributed by atoms with Crippen molar-refractivity contribution >= 4 is 46.3 Å². The number of hydrogen-bond acceptors (Lipinski definition) is 6. The second kappa shape index (κ2) is 8.37. The molecule has 1 amide bonds. The van der Waals surface area contributed by atoms with E-state index in [4.69, 9.17) is 16.0 Å². The van der Waals surface area contributed by atoms with Crippen LogP contribution in [0.1, 0.15) is 12.7 Å². The molecule has 31 heavy (non-hydrogen) atoms. The summed E-state index contributed by atoms with van der Waals surface area (Å²) in [6.07, 6.45) is 1.23. The molecule has 4 rings (SSSR count). The summed E-state index contributed by atoms with van der Waals surface area (Å²) in [6.45, 7) is 1.35. The second-order valence-corrected chi connectivity index (χ2v) is 7.00. The molecule has 0 radical (unpaired) electrons. The van der Waals surface area contributed by atoms with E-state index in [1.165, 1.54) is 25.3 Å². The summed E-state index contributed by atoms with van der Waals surface area (Å²) in [7, 11) is 0. The predicted octanol–water partition coefficient (Wildman–Crippen LogP) is 5.44. The first kappa shape index (κ1) is 20.2. The number of carbonyl (C=O) groups excluding carboxylic acids is 1. The molecule has 154 valence electrons. The van der Waals surface area contributed by atoms with Gasteiger partial charge in [0.25, 0.3) is 0 Å². The van der Waals surface area contributed by atoms with Gasteiger partial charge in [0.1, 0.15) is 4.92 Å². The molecule has 2 heterocycles. The lowest BCUT2D eigenvalue weighted by atomic mass is 10.0. The van der Waals surface area contributed by atoms with Gasteiger partial charge in [-0.15, -0.1) is 0 Å². The van der Waals surface area contributed by atoms with E-state index in [1.54, 1.807) is 18.2 Å². The number of amides is 1. The van der Waals surface area contributed by atoms with Crippen LogP contribution in [0.15, 0.2) is 76.2 Å². The monoisotopic (exact) mass is 434 g/mol. The largest absolute Gasteiger partial charge is 0.433 e. The van der Waals surface area contributed by atoms with Gasteiger partial charge in [-0.25, -0.2) is 4.98 Å². The number of nitrogens with zero attached hydrogens (tertiary/aromatic N) is 4. The van der Waals surface area contributed by atoms with Gasteiger partial charge >= 0.3 is 5.88 Å². The van der Waals surface area contributed by atoms with Gasteiger partial charge in [0.05, 0.1) is 17.8 Å². The summed E-state index contributed by atoms with van der Waals surface area (Å²) in [5.41, 5.74) is 2.39. The zero-order chi connectivity index (χ0) is 22.0. The molecule has 0 atom stereocenters. The summed E-state index contributed by atoms with van der Waals surface area (Å²) in [4.78, 5) is 27.0. The average molecular weight is 435 g/mol. The Morgan fingerprint density at radius 1 is 1.16 bits per heavy atom. The Morgan fingerprint density at radius 2 is 1.94 bits per heavy atom. The van der Waals surface area contributed by atoms with E-state index in [-0.39, 0.29) is 5.76 Å². The van der Waals surface area contributed by atoms with Gasteiger partial charge in [-0.2, -0.15) is 10.1 Å². The molecular formula is C22H15ClN4O4. The summed E-state index contributed by atoms with van der Waals surface area (Å²) in [5, 5.41) is 17.4. The first-order valence-electron chi connectivity index (χ1n) is 9.17. The maximum absolute atomic E-state index is 12.3. The van der Waals surface area contributed by atoms with Gasteiger partial charge in [-0.05, 0) is 41.5 Å². The lowest BCUT2D eigenvalue weighted by Gasteiger charge is -2.17. The van der Waals surface area contributed by atoms with Crippen LogP contribution in [-0.4, -0.2) is 22.0 Å². The number of carbonyl (C=O) groups is 1. The molecule has 0 saturated heterocycles. The predicted molar refractivity (Wildman–Crippen MR) is 118 cm³/mol. The van der Waals surface area contributed by atoms with E-state index in [9.17, 15) is 14.9 Å². The van der Waals surface area contributed by atoms with E-state index in [1.807, 2.05) is 36.4 Å². The summed E-state index contributed by atoms with van der Waals surface area (Å²) < 4.78 is 5.07. The van der Waals surface area contributed by atoms with Crippen molar-refractivity contribution in [1.29, 1.82) is 0 Å². The Morgan fingerprint density at radius 3 is 2.61 bits per heavy atom. The third kappa shape index (κ3) is 4.29. The third-order valence-electron chi connectivity index (χ3n) is 4.45. The Hall–Kier alpha value is -4.04. The quantitative estimate of drug-likeness (QED) is 0.236. The minimum Gasteiger partial charge on any atom is -0.400 e. The number of benzene rings is 2. The Kier molecular flexibility index (Phi) is 5.46. The number of nitro groups is 1. The highest BCUT2D eigenvalue weighted by molar-refractivity contribution is 6.31. The van der Waals surface area contributed by atoms with Gasteiger partial charge < -0.3 is 4.42 Å². The van der Waals surface area contributed by atoms with E-state index in [0.717, 1.165) is 21.5 Å². The van der Waals surface area contributed by atoms with Crippen molar-refractivity contribution in [2.75, 3.05) is 5.01 Å². The molecule has 0 fully saturated rings. The molecule has 0 spiro atoms. The van der Waals surface area contributed by atoms with Crippen LogP contribution in [0.3, 0.4) is 0 Å². The van der Waals surface area contributed by atoms with Crippen LogP contribution >= 0.6 is 11.6 Å². The summed E-state index contributed by atoms with van der Waals surface area (Å²) >= 11 is 6.20. The minimum atomic E-state index is -0.651. The molecule has 2 aromatic carbocycles. The molecule has 0 N–H and O–H groups in total. The highest BCUT2D eigenvalue weighted by atomic mass is 35.5. The van der Waals surface area contributed by atoms with Crippen LogP contribution in [0.5, 0.6) is 0 Å². The molecule has 2 aromatic heterocycles. The molecule has 9 heteroatoms. The zero-order valence-corrected chi connectivity index (χ0v) is 17.0. The first-order valence-corrected chi connectivity index (χ1v) is 9.55. The minimum absolute atomic E-state index is 0.133. The van der Waals surface area contributed by atoms with Crippen molar-refractivity contribution in [1.82, 2.24) is 4.98 Å². The molecule has 0 bridgehead atoms. The van der Waals surface area contributed by atoms with Gasteiger partial charge in [0.2, 0.25) is 5.91 Å². The fourth-order valence-electron chi connectivity index (χ4n) is 3.08.